The fraction of sp³-hybridized carbons (Fsp3) is 0. The molecule has 2 N–H and O–H groups in total. The van der Waals surface area contributed by atoms with Crippen molar-refractivity contribution in [2.24, 2.45) is 0 Å². The van der Waals surface area contributed by atoms with Gasteiger partial charge in [-0.1, -0.05) is 23.7 Å². The van der Waals surface area contributed by atoms with Crippen LogP contribution in [-0.4, -0.2) is 15.0 Å². The van der Waals surface area contributed by atoms with Crippen LogP contribution in [0.1, 0.15) is 0 Å². The summed E-state index contributed by atoms with van der Waals surface area (Å²) in [6.45, 7) is 0. The molecule has 84 valence electrons. The summed E-state index contributed by atoms with van der Waals surface area (Å²) in [4.78, 5) is 1.52. The quantitative estimate of drug-likeness (QED) is 0.670. The Bertz CT molecular complexity index is 657. The number of hydrogen-bond donors (Lipinski definition) is 1. The predicted molar refractivity (Wildman–Crippen MR) is 68.3 cm³/mol. The fourth-order valence-corrected chi connectivity index (χ4v) is 1.86. The van der Waals surface area contributed by atoms with Crippen LogP contribution in [-0.2, 0) is 0 Å². The maximum atomic E-state index is 5.89. The van der Waals surface area contributed by atoms with Gasteiger partial charge in [0.2, 0.25) is 0 Å². The summed E-state index contributed by atoms with van der Waals surface area (Å²) in [7, 11) is 0. The zero-order chi connectivity index (χ0) is 11.8. The molecule has 0 saturated carbocycles. The van der Waals surface area contributed by atoms with Crippen LogP contribution in [0.25, 0.3) is 16.7 Å². The molecule has 0 spiro atoms. The molecule has 3 aromatic rings. The topological polar surface area (TPSA) is 56.7 Å². The van der Waals surface area contributed by atoms with E-state index in [2.05, 4.69) is 10.2 Å². The Balaban J connectivity index is 2.20. The van der Waals surface area contributed by atoms with E-state index in [1.54, 1.807) is 18.2 Å². The van der Waals surface area contributed by atoms with Crippen molar-refractivity contribution in [1.82, 2.24) is 15.0 Å². The minimum Gasteiger partial charge on any atom is -0.397 e. The second-order valence-electron chi connectivity index (χ2n) is 3.68. The maximum Gasteiger partial charge on any atom is 0.113 e. The number of fused-ring (bicyclic) bond motifs is 1. The SMILES string of the molecule is Nc1cc(Cl)ccc1-n1nc2ccccc2n1. The van der Waals surface area contributed by atoms with Gasteiger partial charge < -0.3 is 5.73 Å². The van der Waals surface area contributed by atoms with Crippen molar-refractivity contribution in [3.05, 3.63) is 47.5 Å². The molecular formula is C12H9ClN4. The lowest BCUT2D eigenvalue weighted by Gasteiger charge is -2.03. The lowest BCUT2D eigenvalue weighted by molar-refractivity contribution is 0.768. The van der Waals surface area contributed by atoms with E-state index in [0.29, 0.717) is 10.7 Å². The molecule has 0 unspecified atom stereocenters. The summed E-state index contributed by atoms with van der Waals surface area (Å²) >= 11 is 5.85. The molecule has 4 nitrogen and oxygen atoms in total. The molecule has 1 aromatic heterocycles. The van der Waals surface area contributed by atoms with Gasteiger partial charge in [0.1, 0.15) is 16.7 Å². The van der Waals surface area contributed by atoms with Crippen LogP contribution in [0.3, 0.4) is 0 Å². The number of anilines is 1. The second-order valence-corrected chi connectivity index (χ2v) is 4.12. The first-order chi connectivity index (χ1) is 8.24. The van der Waals surface area contributed by atoms with Crippen LogP contribution in [0, 0.1) is 0 Å². The molecule has 0 fully saturated rings. The van der Waals surface area contributed by atoms with Crippen molar-refractivity contribution in [3.8, 4) is 5.69 Å². The zero-order valence-electron chi connectivity index (χ0n) is 8.84. The van der Waals surface area contributed by atoms with Gasteiger partial charge in [-0.3, -0.25) is 0 Å². The Morgan fingerprint density at radius 1 is 1.00 bits per heavy atom. The molecule has 5 heteroatoms. The van der Waals surface area contributed by atoms with E-state index < -0.39 is 0 Å². The van der Waals surface area contributed by atoms with Crippen molar-refractivity contribution in [2.75, 3.05) is 5.73 Å². The summed E-state index contributed by atoms with van der Waals surface area (Å²) in [6.07, 6.45) is 0. The van der Waals surface area contributed by atoms with Gasteiger partial charge in [0.15, 0.2) is 0 Å². The molecule has 17 heavy (non-hydrogen) atoms. The number of aromatic nitrogens is 3. The Kier molecular flexibility index (Phi) is 2.23. The van der Waals surface area contributed by atoms with Gasteiger partial charge in [-0.2, -0.15) is 0 Å². The van der Waals surface area contributed by atoms with Crippen LogP contribution in [0.2, 0.25) is 5.02 Å². The van der Waals surface area contributed by atoms with Gasteiger partial charge in [0, 0.05) is 5.02 Å². The van der Waals surface area contributed by atoms with Crippen LogP contribution in [0.4, 0.5) is 5.69 Å². The molecule has 3 rings (SSSR count). The van der Waals surface area contributed by atoms with E-state index in [1.165, 1.54) is 4.80 Å². The standard InChI is InChI=1S/C12H9ClN4/c13-8-5-6-12(9(14)7-8)17-15-10-3-1-2-4-11(10)16-17/h1-7H,14H2. The highest BCUT2D eigenvalue weighted by Gasteiger charge is 2.07. The average molecular weight is 245 g/mol. The van der Waals surface area contributed by atoms with Crippen LogP contribution in [0.5, 0.6) is 0 Å². The molecule has 1 heterocycles. The van der Waals surface area contributed by atoms with Crippen LogP contribution >= 0.6 is 11.6 Å². The van der Waals surface area contributed by atoms with E-state index in [4.69, 9.17) is 17.3 Å². The van der Waals surface area contributed by atoms with E-state index in [9.17, 15) is 0 Å². The lowest BCUT2D eigenvalue weighted by Crippen LogP contribution is -2.02. The number of hydrogen-bond acceptors (Lipinski definition) is 3. The van der Waals surface area contributed by atoms with Gasteiger partial charge in [-0.25, -0.2) is 0 Å². The minimum atomic E-state index is 0.554. The Morgan fingerprint density at radius 3 is 2.24 bits per heavy atom. The number of nitrogens with zero attached hydrogens (tertiary/aromatic N) is 3. The van der Waals surface area contributed by atoms with Gasteiger partial charge in [-0.05, 0) is 30.3 Å². The fourth-order valence-electron chi connectivity index (χ4n) is 1.67. The molecule has 2 aromatic carbocycles. The molecule has 0 radical (unpaired) electrons. The Hall–Kier alpha value is -2.07. The Labute approximate surface area is 103 Å². The molecule has 0 amide bonds. The smallest absolute Gasteiger partial charge is 0.113 e. The maximum absolute atomic E-state index is 5.89. The van der Waals surface area contributed by atoms with Crippen LogP contribution in [0.15, 0.2) is 42.5 Å². The van der Waals surface area contributed by atoms with Gasteiger partial charge in [0.25, 0.3) is 0 Å². The molecule has 0 bridgehead atoms. The second kappa shape index (κ2) is 3.75. The molecule has 0 aliphatic rings. The van der Waals surface area contributed by atoms with Crippen molar-refractivity contribution in [3.63, 3.8) is 0 Å². The molecular weight excluding hydrogens is 236 g/mol. The number of nitrogen functional groups attached to an aromatic ring is 1. The summed E-state index contributed by atoms with van der Waals surface area (Å²) in [5.74, 6) is 0. The average Bonchev–Trinajstić information content (AvgIpc) is 2.72. The monoisotopic (exact) mass is 244 g/mol. The minimum absolute atomic E-state index is 0.554. The van der Waals surface area contributed by atoms with Crippen LogP contribution < -0.4 is 5.73 Å². The third kappa shape index (κ3) is 1.72. The number of halogens is 1. The summed E-state index contributed by atoms with van der Waals surface area (Å²) in [5, 5.41) is 9.31. The van der Waals surface area contributed by atoms with Gasteiger partial charge in [-0.15, -0.1) is 15.0 Å². The van der Waals surface area contributed by atoms with Gasteiger partial charge >= 0.3 is 0 Å². The predicted octanol–water partition coefficient (Wildman–Crippen LogP) is 2.66. The van der Waals surface area contributed by atoms with E-state index in [-0.39, 0.29) is 0 Å². The largest absolute Gasteiger partial charge is 0.397 e. The number of rotatable bonds is 1. The third-order valence-electron chi connectivity index (χ3n) is 2.49. The van der Waals surface area contributed by atoms with Gasteiger partial charge in [0.05, 0.1) is 5.69 Å². The van der Waals surface area contributed by atoms with E-state index in [0.717, 1.165) is 16.7 Å². The molecule has 0 saturated heterocycles. The number of nitrogens with two attached hydrogens (primary N) is 1. The molecule has 0 aliphatic carbocycles. The highest BCUT2D eigenvalue weighted by Crippen LogP contribution is 2.21. The van der Waals surface area contributed by atoms with E-state index in [1.807, 2.05) is 24.3 Å². The summed E-state index contributed by atoms with van der Waals surface area (Å²) < 4.78 is 0. The highest BCUT2D eigenvalue weighted by atomic mass is 35.5. The molecule has 0 atom stereocenters. The van der Waals surface area contributed by atoms with Crippen molar-refractivity contribution < 1.29 is 0 Å². The number of benzene rings is 2. The normalized spacial score (nSPS) is 10.9. The van der Waals surface area contributed by atoms with Crippen molar-refractivity contribution in [2.45, 2.75) is 0 Å². The summed E-state index contributed by atoms with van der Waals surface area (Å²) in [6, 6.07) is 12.9. The third-order valence-corrected chi connectivity index (χ3v) is 2.73. The summed E-state index contributed by atoms with van der Waals surface area (Å²) in [5.41, 5.74) is 8.84. The molecule has 0 aliphatic heterocycles. The van der Waals surface area contributed by atoms with E-state index >= 15 is 0 Å². The first-order valence-corrected chi connectivity index (χ1v) is 5.49. The first-order valence-electron chi connectivity index (χ1n) is 5.11. The lowest BCUT2D eigenvalue weighted by atomic mass is 10.3. The highest BCUT2D eigenvalue weighted by molar-refractivity contribution is 6.30. The Morgan fingerprint density at radius 2 is 1.65 bits per heavy atom. The van der Waals surface area contributed by atoms with Crippen molar-refractivity contribution in [1.29, 1.82) is 0 Å². The van der Waals surface area contributed by atoms with Crippen molar-refractivity contribution >= 4 is 28.3 Å². The zero-order valence-corrected chi connectivity index (χ0v) is 9.59. The first kappa shape index (κ1) is 10.1.